The predicted octanol–water partition coefficient (Wildman–Crippen LogP) is 5.80. The van der Waals surface area contributed by atoms with E-state index < -0.39 is 18.2 Å². The maximum absolute atomic E-state index is 12.8. The molecule has 1 unspecified atom stereocenters. The highest BCUT2D eigenvalue weighted by atomic mass is 79.9. The Bertz CT molecular complexity index is 883. The number of carbonyl (C=O) groups is 2. The van der Waals surface area contributed by atoms with Gasteiger partial charge in [0.25, 0.3) is 0 Å². The normalized spacial score (nSPS) is 11.8. The van der Waals surface area contributed by atoms with Gasteiger partial charge in [0.1, 0.15) is 18.1 Å². The number of rotatable bonds is 14. The van der Waals surface area contributed by atoms with E-state index in [1.807, 2.05) is 24.3 Å². The Balaban J connectivity index is 1.95. The van der Waals surface area contributed by atoms with Gasteiger partial charge in [0.05, 0.1) is 6.54 Å². The van der Waals surface area contributed by atoms with Crippen LogP contribution in [0.2, 0.25) is 0 Å². The van der Waals surface area contributed by atoms with Crippen LogP contribution in [0.3, 0.4) is 0 Å². The summed E-state index contributed by atoms with van der Waals surface area (Å²) in [5, 5.41) is 9.24. The third-order valence-electron chi connectivity index (χ3n) is 5.53. The van der Waals surface area contributed by atoms with Crippen LogP contribution in [0.5, 0.6) is 11.5 Å². The fraction of sp³-hybridized carbons (Fsp3) is 0.462. The maximum atomic E-state index is 12.8. The minimum absolute atomic E-state index is 0.286. The zero-order chi connectivity index (χ0) is 24.9. The highest BCUT2D eigenvalue weighted by molar-refractivity contribution is 9.10. The molecule has 0 aromatic heterocycles. The van der Waals surface area contributed by atoms with Gasteiger partial charge in [-0.15, -0.1) is 0 Å². The van der Waals surface area contributed by atoms with Gasteiger partial charge in [-0.3, -0.25) is 0 Å². The summed E-state index contributed by atoms with van der Waals surface area (Å²) in [7, 11) is 0. The molecule has 0 bridgehead atoms. The van der Waals surface area contributed by atoms with E-state index in [9.17, 15) is 14.7 Å². The maximum Gasteiger partial charge on any atom is 0.415 e. The number of hydrogen-bond donors (Lipinski definition) is 1. The number of nitrogens with zero attached hydrogens (tertiary/aromatic N) is 1. The second-order valence-corrected chi connectivity index (χ2v) is 8.84. The van der Waals surface area contributed by atoms with Crippen molar-refractivity contribution >= 4 is 28.0 Å². The van der Waals surface area contributed by atoms with Gasteiger partial charge in [0, 0.05) is 24.0 Å². The van der Waals surface area contributed by atoms with Crippen molar-refractivity contribution in [3.63, 3.8) is 0 Å². The van der Waals surface area contributed by atoms with E-state index in [0.717, 1.165) is 22.9 Å². The highest BCUT2D eigenvalue weighted by Crippen LogP contribution is 2.19. The Kier molecular flexibility index (Phi) is 11.9. The van der Waals surface area contributed by atoms with Gasteiger partial charge < -0.3 is 24.2 Å². The van der Waals surface area contributed by atoms with Gasteiger partial charge in [-0.2, -0.15) is 0 Å². The first-order chi connectivity index (χ1) is 16.4. The fourth-order valence-corrected chi connectivity index (χ4v) is 3.68. The molecule has 2 aromatic rings. The van der Waals surface area contributed by atoms with Crippen molar-refractivity contribution in [1.82, 2.24) is 4.90 Å². The lowest BCUT2D eigenvalue weighted by atomic mass is 10.0. The largest absolute Gasteiger partial charge is 0.492 e. The van der Waals surface area contributed by atoms with Crippen LogP contribution in [0.4, 0.5) is 4.79 Å². The van der Waals surface area contributed by atoms with Crippen molar-refractivity contribution in [1.29, 1.82) is 0 Å². The SMILES string of the molecule is CCOC(Cc1ccc(OCCN(CC(CC)CC)C(=O)Oc2ccc(Br)cc2)cc1)C(=O)O. The smallest absolute Gasteiger partial charge is 0.415 e. The topological polar surface area (TPSA) is 85.3 Å². The van der Waals surface area contributed by atoms with Gasteiger partial charge in [-0.05, 0) is 54.8 Å². The van der Waals surface area contributed by atoms with Gasteiger partial charge in [-0.25, -0.2) is 9.59 Å². The molecule has 0 aliphatic carbocycles. The molecule has 2 rings (SSSR count). The number of benzene rings is 2. The summed E-state index contributed by atoms with van der Waals surface area (Å²) in [4.78, 5) is 25.8. The van der Waals surface area contributed by atoms with Crippen molar-refractivity contribution < 1.29 is 28.9 Å². The molecule has 0 fully saturated rings. The number of halogens is 1. The Labute approximate surface area is 210 Å². The summed E-state index contributed by atoms with van der Waals surface area (Å²) >= 11 is 3.38. The first-order valence-electron chi connectivity index (χ1n) is 11.6. The summed E-state index contributed by atoms with van der Waals surface area (Å²) < 4.78 is 17.6. The van der Waals surface area contributed by atoms with Crippen LogP contribution in [0.25, 0.3) is 0 Å². The first kappa shape index (κ1) is 27.7. The molecule has 8 heteroatoms. The number of carboxylic acid groups (broad SMARTS) is 1. The van der Waals surface area contributed by atoms with Crippen molar-refractivity contribution in [2.75, 3.05) is 26.3 Å². The van der Waals surface area contributed by atoms with E-state index in [1.165, 1.54) is 0 Å². The van der Waals surface area contributed by atoms with Gasteiger partial charge in [0.2, 0.25) is 0 Å². The number of carbonyl (C=O) groups excluding carboxylic acids is 1. The summed E-state index contributed by atoms with van der Waals surface area (Å²) in [6.07, 6.45) is 0.963. The van der Waals surface area contributed by atoms with Gasteiger partial charge >= 0.3 is 12.1 Å². The van der Waals surface area contributed by atoms with Crippen LogP contribution in [0.15, 0.2) is 53.0 Å². The molecular formula is C26H34BrNO6. The average molecular weight is 536 g/mol. The van der Waals surface area contributed by atoms with Gasteiger partial charge in [0.15, 0.2) is 6.10 Å². The van der Waals surface area contributed by atoms with E-state index in [4.69, 9.17) is 14.2 Å². The van der Waals surface area contributed by atoms with Crippen molar-refractivity contribution in [3.05, 3.63) is 58.6 Å². The van der Waals surface area contributed by atoms with Gasteiger partial charge in [-0.1, -0.05) is 54.8 Å². The van der Waals surface area contributed by atoms with Crippen LogP contribution in [0, 0.1) is 5.92 Å². The molecule has 0 heterocycles. The Morgan fingerprint density at radius 2 is 1.59 bits per heavy atom. The summed E-state index contributed by atoms with van der Waals surface area (Å²) in [5.74, 6) is 0.542. The van der Waals surface area contributed by atoms with E-state index in [0.29, 0.717) is 43.7 Å². The number of ether oxygens (including phenoxy) is 3. The number of aliphatic carboxylic acids is 1. The molecule has 1 N–H and O–H groups in total. The van der Waals surface area contributed by atoms with Crippen LogP contribution in [0.1, 0.15) is 39.2 Å². The van der Waals surface area contributed by atoms with Crippen molar-refractivity contribution in [2.45, 2.75) is 46.1 Å². The third kappa shape index (κ3) is 9.35. The molecule has 1 amide bonds. The molecule has 0 saturated carbocycles. The standard InChI is InChI=1S/C26H34BrNO6/c1-4-19(5-2)18-28(26(31)34-23-13-9-21(27)10-14-23)15-16-33-22-11-7-20(8-12-22)17-24(25(29)30)32-6-3/h7-14,19,24H,4-6,15-18H2,1-3H3,(H,29,30). The molecule has 1 atom stereocenters. The summed E-state index contributed by atoms with van der Waals surface area (Å²) in [5.41, 5.74) is 0.849. The lowest BCUT2D eigenvalue weighted by Gasteiger charge is -2.26. The van der Waals surface area contributed by atoms with Crippen LogP contribution in [-0.2, 0) is 16.0 Å². The quantitative estimate of drug-likeness (QED) is 0.329. The third-order valence-corrected chi connectivity index (χ3v) is 6.06. The Morgan fingerprint density at radius 1 is 0.971 bits per heavy atom. The zero-order valence-electron chi connectivity index (χ0n) is 20.0. The molecule has 0 aliphatic heterocycles. The van der Waals surface area contributed by atoms with Crippen LogP contribution >= 0.6 is 15.9 Å². The zero-order valence-corrected chi connectivity index (χ0v) is 21.6. The summed E-state index contributed by atoms with van der Waals surface area (Å²) in [6, 6.07) is 14.4. The first-order valence-corrected chi connectivity index (χ1v) is 12.4. The van der Waals surface area contributed by atoms with E-state index in [-0.39, 0.29) is 6.42 Å². The second kappa shape index (κ2) is 14.6. The molecule has 34 heavy (non-hydrogen) atoms. The molecule has 2 aromatic carbocycles. The molecule has 7 nitrogen and oxygen atoms in total. The number of carboxylic acids is 1. The van der Waals surface area contributed by atoms with Crippen molar-refractivity contribution in [2.24, 2.45) is 5.92 Å². The molecule has 0 radical (unpaired) electrons. The lowest BCUT2D eigenvalue weighted by Crippen LogP contribution is -2.40. The predicted molar refractivity (Wildman–Crippen MR) is 135 cm³/mol. The Hall–Kier alpha value is -2.58. The minimum atomic E-state index is -0.977. The number of amides is 1. The highest BCUT2D eigenvalue weighted by Gasteiger charge is 2.20. The van der Waals surface area contributed by atoms with E-state index >= 15 is 0 Å². The monoisotopic (exact) mass is 535 g/mol. The average Bonchev–Trinajstić information content (AvgIpc) is 2.83. The van der Waals surface area contributed by atoms with Crippen molar-refractivity contribution in [3.8, 4) is 11.5 Å². The van der Waals surface area contributed by atoms with E-state index in [2.05, 4.69) is 29.8 Å². The molecule has 0 spiro atoms. The fourth-order valence-electron chi connectivity index (χ4n) is 3.41. The number of hydrogen-bond acceptors (Lipinski definition) is 5. The lowest BCUT2D eigenvalue weighted by molar-refractivity contribution is -0.149. The summed E-state index contributed by atoms with van der Waals surface area (Å²) in [6.45, 7) is 7.64. The molecule has 0 aliphatic rings. The van der Waals surface area contributed by atoms with Crippen LogP contribution in [-0.4, -0.2) is 54.5 Å². The second-order valence-electron chi connectivity index (χ2n) is 7.93. The molecule has 0 saturated heterocycles. The van der Waals surface area contributed by atoms with Crippen LogP contribution < -0.4 is 9.47 Å². The molecular weight excluding hydrogens is 502 g/mol. The van der Waals surface area contributed by atoms with E-state index in [1.54, 1.807) is 36.1 Å². The Morgan fingerprint density at radius 3 is 2.15 bits per heavy atom. The molecule has 186 valence electrons. The minimum Gasteiger partial charge on any atom is -0.492 e.